The monoisotopic (exact) mass is 251 g/mol. The maximum Gasteiger partial charge on any atom is 0.0433 e. The zero-order chi connectivity index (χ0) is 14.2. The Kier molecular flexibility index (Phi) is 17.0. The summed E-state index contributed by atoms with van der Waals surface area (Å²) >= 11 is 0. The topological polar surface area (TPSA) is 12.5 Å². The zero-order valence-electron chi connectivity index (χ0n) is 12.6. The first kappa shape index (κ1) is 19.2. The summed E-state index contributed by atoms with van der Waals surface area (Å²) < 4.78 is 4.54. The molecule has 0 aliphatic carbocycles. The van der Waals surface area contributed by atoms with Gasteiger partial charge < -0.3 is 9.64 Å². The van der Waals surface area contributed by atoms with Crippen LogP contribution in [-0.4, -0.2) is 39.3 Å². The molecule has 0 aromatic heterocycles. The molecule has 1 rings (SSSR count). The molecule has 18 heavy (non-hydrogen) atoms. The molecule has 0 aliphatic rings. The second-order valence-electron chi connectivity index (χ2n) is 4.00. The number of rotatable bonds is 4. The molecule has 104 valence electrons. The third-order valence-corrected chi connectivity index (χ3v) is 1.99. The van der Waals surface area contributed by atoms with Crippen LogP contribution in [0.3, 0.4) is 0 Å². The van der Waals surface area contributed by atoms with Gasteiger partial charge in [-0.05, 0) is 39.5 Å². The van der Waals surface area contributed by atoms with E-state index < -0.39 is 0 Å². The van der Waals surface area contributed by atoms with E-state index in [1.807, 2.05) is 43.3 Å². The van der Waals surface area contributed by atoms with Crippen LogP contribution in [0.5, 0.6) is 0 Å². The SMILES string of the molecule is C=Cc1ccccc1.CCCN(C)C.CCOC. The molecule has 2 heteroatoms. The normalized spacial score (nSPS) is 8.78. The smallest absolute Gasteiger partial charge is 0.0433 e. The number of ether oxygens (including phenoxy) is 1. The molecule has 0 saturated carbocycles. The van der Waals surface area contributed by atoms with Crippen LogP contribution >= 0.6 is 0 Å². The fourth-order valence-electron chi connectivity index (χ4n) is 1.04. The maximum atomic E-state index is 4.54. The Morgan fingerprint density at radius 3 is 1.83 bits per heavy atom. The fraction of sp³-hybridized carbons (Fsp3) is 0.500. The van der Waals surface area contributed by atoms with Gasteiger partial charge in [0.1, 0.15) is 0 Å². The molecule has 0 unspecified atom stereocenters. The number of nitrogens with zero attached hydrogens (tertiary/aromatic N) is 1. The summed E-state index contributed by atoms with van der Waals surface area (Å²) in [6.45, 7) is 9.80. The van der Waals surface area contributed by atoms with Gasteiger partial charge in [0.25, 0.3) is 0 Å². The summed E-state index contributed by atoms with van der Waals surface area (Å²) in [5.74, 6) is 0. The highest BCUT2D eigenvalue weighted by Gasteiger charge is 1.79. The number of hydrogen-bond acceptors (Lipinski definition) is 2. The van der Waals surface area contributed by atoms with Crippen molar-refractivity contribution in [3.63, 3.8) is 0 Å². The third-order valence-electron chi connectivity index (χ3n) is 1.99. The molecule has 0 heterocycles. The van der Waals surface area contributed by atoms with Gasteiger partial charge in [-0.1, -0.05) is 49.9 Å². The van der Waals surface area contributed by atoms with Crippen LogP contribution in [0.2, 0.25) is 0 Å². The Balaban J connectivity index is 0. The van der Waals surface area contributed by atoms with E-state index in [0.29, 0.717) is 0 Å². The van der Waals surface area contributed by atoms with Crippen LogP contribution < -0.4 is 0 Å². The quantitative estimate of drug-likeness (QED) is 0.803. The molecule has 1 aromatic carbocycles. The summed E-state index contributed by atoms with van der Waals surface area (Å²) in [4.78, 5) is 2.18. The minimum Gasteiger partial charge on any atom is -0.385 e. The first-order chi connectivity index (χ1) is 8.62. The van der Waals surface area contributed by atoms with E-state index in [4.69, 9.17) is 0 Å². The van der Waals surface area contributed by atoms with Crippen molar-refractivity contribution >= 4 is 6.08 Å². The molecule has 1 aromatic rings. The van der Waals surface area contributed by atoms with E-state index in [9.17, 15) is 0 Å². The van der Waals surface area contributed by atoms with Crippen molar-refractivity contribution in [1.82, 2.24) is 4.90 Å². The highest BCUT2D eigenvalue weighted by molar-refractivity contribution is 5.45. The summed E-state index contributed by atoms with van der Waals surface area (Å²) in [5, 5.41) is 0. The zero-order valence-corrected chi connectivity index (χ0v) is 12.6. The summed E-state index contributed by atoms with van der Waals surface area (Å²) in [6.07, 6.45) is 3.09. The number of benzene rings is 1. The molecular formula is C16H29NO. The highest BCUT2D eigenvalue weighted by Crippen LogP contribution is 1.97. The van der Waals surface area contributed by atoms with E-state index in [1.165, 1.54) is 18.5 Å². The average molecular weight is 251 g/mol. The van der Waals surface area contributed by atoms with Gasteiger partial charge in [0.15, 0.2) is 0 Å². The van der Waals surface area contributed by atoms with Crippen molar-refractivity contribution < 1.29 is 4.74 Å². The van der Waals surface area contributed by atoms with Crippen molar-refractivity contribution in [3.8, 4) is 0 Å². The van der Waals surface area contributed by atoms with Crippen molar-refractivity contribution in [2.24, 2.45) is 0 Å². The second-order valence-corrected chi connectivity index (χ2v) is 4.00. The summed E-state index contributed by atoms with van der Waals surface area (Å²) in [5.41, 5.74) is 1.17. The second kappa shape index (κ2) is 15.9. The van der Waals surface area contributed by atoms with Gasteiger partial charge in [-0.2, -0.15) is 0 Å². The van der Waals surface area contributed by atoms with Gasteiger partial charge in [-0.15, -0.1) is 0 Å². The number of hydrogen-bond donors (Lipinski definition) is 0. The fourth-order valence-corrected chi connectivity index (χ4v) is 1.04. The third kappa shape index (κ3) is 17.3. The lowest BCUT2D eigenvalue weighted by atomic mass is 10.2. The first-order valence-electron chi connectivity index (χ1n) is 6.43. The molecule has 0 aliphatic heterocycles. The molecular weight excluding hydrogens is 222 g/mol. The molecule has 0 N–H and O–H groups in total. The van der Waals surface area contributed by atoms with Gasteiger partial charge in [0, 0.05) is 13.7 Å². The Morgan fingerprint density at radius 2 is 1.67 bits per heavy atom. The van der Waals surface area contributed by atoms with Crippen LogP contribution in [0.4, 0.5) is 0 Å². The van der Waals surface area contributed by atoms with Crippen LogP contribution in [0.1, 0.15) is 25.8 Å². The van der Waals surface area contributed by atoms with Gasteiger partial charge in [-0.3, -0.25) is 0 Å². The van der Waals surface area contributed by atoms with Gasteiger partial charge in [0.05, 0.1) is 0 Å². The molecule has 0 saturated heterocycles. The average Bonchev–Trinajstić information content (AvgIpc) is 2.40. The van der Waals surface area contributed by atoms with Crippen molar-refractivity contribution in [1.29, 1.82) is 0 Å². The van der Waals surface area contributed by atoms with E-state index in [0.717, 1.165) is 6.61 Å². The van der Waals surface area contributed by atoms with Crippen molar-refractivity contribution in [2.45, 2.75) is 20.3 Å². The lowest BCUT2D eigenvalue weighted by molar-refractivity contribution is 0.215. The first-order valence-corrected chi connectivity index (χ1v) is 6.43. The number of methoxy groups -OCH3 is 1. The van der Waals surface area contributed by atoms with Gasteiger partial charge in [-0.25, -0.2) is 0 Å². The summed E-state index contributed by atoms with van der Waals surface area (Å²) in [7, 11) is 5.85. The maximum absolute atomic E-state index is 4.54. The highest BCUT2D eigenvalue weighted by atomic mass is 16.5. The van der Waals surface area contributed by atoms with Crippen molar-refractivity contribution in [3.05, 3.63) is 42.5 Å². The Hall–Kier alpha value is -1.12. The minimum absolute atomic E-state index is 0.819. The molecule has 0 fully saturated rings. The van der Waals surface area contributed by atoms with Crippen LogP contribution in [-0.2, 0) is 4.74 Å². The predicted octanol–water partition coefficient (Wildman–Crippen LogP) is 3.94. The van der Waals surface area contributed by atoms with Crippen LogP contribution in [0, 0.1) is 0 Å². The predicted molar refractivity (Wildman–Crippen MR) is 82.9 cm³/mol. The summed E-state index contributed by atoms with van der Waals surface area (Å²) in [6, 6.07) is 10.0. The van der Waals surface area contributed by atoms with E-state index in [1.54, 1.807) is 7.11 Å². The minimum atomic E-state index is 0.819. The van der Waals surface area contributed by atoms with Crippen LogP contribution in [0.25, 0.3) is 6.08 Å². The Bertz CT molecular complexity index is 255. The van der Waals surface area contributed by atoms with Crippen LogP contribution in [0.15, 0.2) is 36.9 Å². The molecule has 0 amide bonds. The largest absolute Gasteiger partial charge is 0.385 e. The Morgan fingerprint density at radius 1 is 1.17 bits per heavy atom. The van der Waals surface area contributed by atoms with E-state index >= 15 is 0 Å². The van der Waals surface area contributed by atoms with Crippen molar-refractivity contribution in [2.75, 3.05) is 34.4 Å². The Labute approximate surface area is 113 Å². The molecule has 0 atom stereocenters. The standard InChI is InChI=1S/C8H8.C5H13N.C3H8O/c1-2-8-6-4-3-5-7-8;1-4-5-6(2)3;1-3-4-2/h2-7H,1H2;4-5H2,1-3H3;3H2,1-2H3. The lowest BCUT2D eigenvalue weighted by Crippen LogP contribution is -2.11. The van der Waals surface area contributed by atoms with Gasteiger partial charge >= 0.3 is 0 Å². The van der Waals surface area contributed by atoms with Gasteiger partial charge in [0.2, 0.25) is 0 Å². The van der Waals surface area contributed by atoms with E-state index in [-0.39, 0.29) is 0 Å². The van der Waals surface area contributed by atoms with E-state index in [2.05, 4.69) is 37.2 Å². The molecule has 0 radical (unpaired) electrons. The molecule has 0 spiro atoms. The molecule has 0 bridgehead atoms. The lowest BCUT2D eigenvalue weighted by Gasteiger charge is -2.03. The molecule has 2 nitrogen and oxygen atoms in total.